The van der Waals surface area contributed by atoms with Crippen LogP contribution in [0.1, 0.15) is 0 Å². The van der Waals surface area contributed by atoms with Gasteiger partial charge in [0.25, 0.3) is 0 Å². The highest BCUT2D eigenvalue weighted by Crippen LogP contribution is 2.42. The summed E-state index contributed by atoms with van der Waals surface area (Å²) in [6.07, 6.45) is 0. The summed E-state index contributed by atoms with van der Waals surface area (Å²) in [5.41, 5.74) is 5.91. The minimum absolute atomic E-state index is 0.834. The summed E-state index contributed by atoms with van der Waals surface area (Å²) < 4.78 is 2.32. The van der Waals surface area contributed by atoms with E-state index >= 15 is 0 Å². The van der Waals surface area contributed by atoms with Crippen molar-refractivity contribution in [3.05, 3.63) is 152 Å². The summed E-state index contributed by atoms with van der Waals surface area (Å²) in [7, 11) is 0. The first-order valence-electron chi connectivity index (χ1n) is 15.3. The fraction of sp³-hybridized carbons (Fsp3) is 0. The molecular weight excluding hydrogens is 546 g/mol. The summed E-state index contributed by atoms with van der Waals surface area (Å²) in [6.45, 7) is 0. The van der Waals surface area contributed by atoms with Crippen molar-refractivity contribution in [3.8, 4) is 17.1 Å². The van der Waals surface area contributed by atoms with E-state index in [1.54, 1.807) is 0 Å². The third-order valence-corrected chi connectivity index (χ3v) is 9.33. The molecule has 45 heavy (non-hydrogen) atoms. The van der Waals surface area contributed by atoms with Crippen molar-refractivity contribution in [2.24, 2.45) is 0 Å². The maximum absolute atomic E-state index is 5.35. The molecule has 10 aromatic rings. The molecule has 0 unspecified atom stereocenters. The molecule has 0 aliphatic carbocycles. The van der Waals surface area contributed by atoms with Crippen LogP contribution in [-0.4, -0.2) is 14.5 Å². The lowest BCUT2D eigenvalue weighted by atomic mass is 9.94. The highest BCUT2D eigenvalue weighted by Gasteiger charge is 2.21. The van der Waals surface area contributed by atoms with Crippen LogP contribution in [0.25, 0.3) is 93.0 Å². The molecule has 3 nitrogen and oxygen atoms in total. The normalized spacial score (nSPS) is 12.0. The van der Waals surface area contributed by atoms with Gasteiger partial charge in [-0.15, -0.1) is 0 Å². The molecule has 0 bridgehead atoms. The van der Waals surface area contributed by atoms with Crippen molar-refractivity contribution < 1.29 is 0 Å². The van der Waals surface area contributed by atoms with Gasteiger partial charge in [0.1, 0.15) is 5.69 Å². The molecule has 0 aliphatic heterocycles. The van der Waals surface area contributed by atoms with Crippen molar-refractivity contribution in [1.82, 2.24) is 14.5 Å². The second-order valence-electron chi connectivity index (χ2n) is 11.8. The van der Waals surface area contributed by atoms with Gasteiger partial charge in [-0.05, 0) is 73.4 Å². The summed E-state index contributed by atoms with van der Waals surface area (Å²) in [5, 5.41) is 12.4. The monoisotopic (exact) mass is 571 g/mol. The minimum Gasteiger partial charge on any atom is -0.292 e. The number of nitrogens with zero attached hydrogens (tertiary/aromatic N) is 3. The SMILES string of the molecule is c1ccc2cc(-c3nc4ccccc4nc3-n3c4ccccc4c4c5ccc6ccc7ccccc7c6c5ccc43)ccc2c1. The smallest absolute Gasteiger partial charge is 0.165 e. The lowest BCUT2D eigenvalue weighted by Gasteiger charge is -2.14. The van der Waals surface area contributed by atoms with E-state index in [1.807, 2.05) is 18.2 Å². The zero-order chi connectivity index (χ0) is 29.5. The van der Waals surface area contributed by atoms with Gasteiger partial charge in [-0.3, -0.25) is 4.57 Å². The van der Waals surface area contributed by atoms with Gasteiger partial charge in [0.05, 0.1) is 22.1 Å². The molecule has 0 saturated heterocycles. The number of fused-ring (bicyclic) bond motifs is 11. The third-order valence-electron chi connectivity index (χ3n) is 9.33. The number of hydrogen-bond acceptors (Lipinski definition) is 2. The van der Waals surface area contributed by atoms with E-state index in [-0.39, 0.29) is 0 Å². The third kappa shape index (κ3) is 3.52. The molecule has 8 aromatic carbocycles. The van der Waals surface area contributed by atoms with Crippen molar-refractivity contribution in [3.63, 3.8) is 0 Å². The van der Waals surface area contributed by atoms with Crippen molar-refractivity contribution >= 4 is 75.9 Å². The predicted molar refractivity (Wildman–Crippen MR) is 189 cm³/mol. The molecule has 10 rings (SSSR count). The van der Waals surface area contributed by atoms with Gasteiger partial charge in [0, 0.05) is 16.3 Å². The Labute approximate surface area is 258 Å². The Balaban J connectivity index is 1.35. The van der Waals surface area contributed by atoms with Gasteiger partial charge in [-0.1, -0.05) is 121 Å². The molecule has 0 spiro atoms. The Bertz CT molecular complexity index is 2820. The Morgan fingerprint density at radius 2 is 1.00 bits per heavy atom. The van der Waals surface area contributed by atoms with E-state index in [9.17, 15) is 0 Å². The van der Waals surface area contributed by atoms with Gasteiger partial charge in [0.2, 0.25) is 0 Å². The number of benzene rings is 8. The Hall–Kier alpha value is -6.06. The van der Waals surface area contributed by atoms with E-state index in [1.165, 1.54) is 53.9 Å². The van der Waals surface area contributed by atoms with Crippen LogP contribution in [0, 0.1) is 0 Å². The average molecular weight is 572 g/mol. The number of para-hydroxylation sites is 3. The van der Waals surface area contributed by atoms with Crippen LogP contribution >= 0.6 is 0 Å². The summed E-state index contributed by atoms with van der Waals surface area (Å²) in [4.78, 5) is 10.6. The van der Waals surface area contributed by atoms with Crippen molar-refractivity contribution in [1.29, 1.82) is 0 Å². The fourth-order valence-corrected chi connectivity index (χ4v) is 7.28. The molecule has 0 radical (unpaired) electrons. The lowest BCUT2D eigenvalue weighted by molar-refractivity contribution is 1.08. The molecule has 2 heterocycles. The van der Waals surface area contributed by atoms with Gasteiger partial charge >= 0.3 is 0 Å². The Kier molecular flexibility index (Phi) is 5.00. The molecule has 0 fully saturated rings. The first-order valence-corrected chi connectivity index (χ1v) is 15.3. The summed E-state index contributed by atoms with van der Waals surface area (Å²) in [5.74, 6) is 0.834. The highest BCUT2D eigenvalue weighted by atomic mass is 15.1. The highest BCUT2D eigenvalue weighted by molar-refractivity contribution is 6.29. The molecule has 0 saturated carbocycles. The molecular formula is C42H25N3. The van der Waals surface area contributed by atoms with Gasteiger partial charge in [0.15, 0.2) is 5.82 Å². The van der Waals surface area contributed by atoms with Crippen LogP contribution in [-0.2, 0) is 0 Å². The Morgan fingerprint density at radius 3 is 1.89 bits per heavy atom. The quantitative estimate of drug-likeness (QED) is 0.193. The van der Waals surface area contributed by atoms with Gasteiger partial charge in [-0.2, -0.15) is 0 Å². The van der Waals surface area contributed by atoms with E-state index in [4.69, 9.17) is 9.97 Å². The first-order chi connectivity index (χ1) is 22.3. The van der Waals surface area contributed by atoms with Crippen LogP contribution in [0.4, 0.5) is 0 Å². The maximum Gasteiger partial charge on any atom is 0.165 e. The molecule has 2 aromatic heterocycles. The average Bonchev–Trinajstić information content (AvgIpc) is 3.45. The predicted octanol–water partition coefficient (Wildman–Crippen LogP) is 11.0. The zero-order valence-electron chi connectivity index (χ0n) is 24.3. The molecule has 3 heteroatoms. The summed E-state index contributed by atoms with van der Waals surface area (Å²) in [6, 6.07) is 54.2. The second kappa shape index (κ2) is 9.22. The minimum atomic E-state index is 0.834. The largest absolute Gasteiger partial charge is 0.292 e. The molecule has 0 N–H and O–H groups in total. The first kappa shape index (κ1) is 24.4. The second-order valence-corrected chi connectivity index (χ2v) is 11.8. The van der Waals surface area contributed by atoms with Crippen molar-refractivity contribution in [2.75, 3.05) is 0 Å². The summed E-state index contributed by atoms with van der Waals surface area (Å²) >= 11 is 0. The fourth-order valence-electron chi connectivity index (χ4n) is 7.28. The lowest BCUT2D eigenvalue weighted by Crippen LogP contribution is -2.03. The van der Waals surface area contributed by atoms with Crippen LogP contribution in [0.5, 0.6) is 0 Å². The maximum atomic E-state index is 5.35. The van der Waals surface area contributed by atoms with Gasteiger partial charge in [-0.25, -0.2) is 9.97 Å². The van der Waals surface area contributed by atoms with E-state index in [0.717, 1.165) is 39.1 Å². The Morgan fingerprint density at radius 1 is 0.378 bits per heavy atom. The van der Waals surface area contributed by atoms with E-state index in [2.05, 4.69) is 138 Å². The number of rotatable bonds is 2. The van der Waals surface area contributed by atoms with Crippen LogP contribution in [0.3, 0.4) is 0 Å². The molecule has 208 valence electrons. The van der Waals surface area contributed by atoms with E-state index < -0.39 is 0 Å². The number of aromatic nitrogens is 3. The molecule has 0 atom stereocenters. The zero-order valence-corrected chi connectivity index (χ0v) is 24.3. The molecule has 0 amide bonds. The molecule has 0 aliphatic rings. The standard InChI is InChI=1S/C42H25N3/c1-2-11-29-25-30(20-17-26(29)9-1)41-42(44-36-15-7-6-14-35(36)43-41)45-37-16-8-5-13-34(37)40-33-22-21-28-19-18-27-10-3-4-12-31(27)39(28)32(33)23-24-38(40)45/h1-25H. The topological polar surface area (TPSA) is 30.7 Å². The number of hydrogen-bond donors (Lipinski definition) is 0. The van der Waals surface area contributed by atoms with Crippen LogP contribution in [0.15, 0.2) is 152 Å². The van der Waals surface area contributed by atoms with Crippen LogP contribution in [0.2, 0.25) is 0 Å². The van der Waals surface area contributed by atoms with Gasteiger partial charge < -0.3 is 0 Å². The van der Waals surface area contributed by atoms with Crippen LogP contribution < -0.4 is 0 Å². The van der Waals surface area contributed by atoms with E-state index in [0.29, 0.717) is 0 Å². The van der Waals surface area contributed by atoms with Crippen molar-refractivity contribution in [2.45, 2.75) is 0 Å².